The number of fused-ring (bicyclic) bond motifs is 1. The van der Waals surface area contributed by atoms with Gasteiger partial charge in [-0.3, -0.25) is 4.90 Å². The van der Waals surface area contributed by atoms with Crippen LogP contribution in [0.4, 0.5) is 4.79 Å². The molecule has 0 spiro atoms. The van der Waals surface area contributed by atoms with Crippen LogP contribution in [0.25, 0.3) is 5.57 Å². The van der Waals surface area contributed by atoms with Crippen LogP contribution in [-0.4, -0.2) is 47.0 Å². The van der Waals surface area contributed by atoms with Crippen LogP contribution in [0.15, 0.2) is 30.3 Å². The summed E-state index contributed by atoms with van der Waals surface area (Å²) < 4.78 is 5.40. The van der Waals surface area contributed by atoms with Crippen molar-refractivity contribution in [2.45, 2.75) is 12.1 Å². The van der Waals surface area contributed by atoms with Gasteiger partial charge in [0.1, 0.15) is 0 Å². The molecule has 0 saturated carbocycles. The van der Waals surface area contributed by atoms with Crippen LogP contribution in [0.1, 0.15) is 17.2 Å². The lowest BCUT2D eigenvalue weighted by Crippen LogP contribution is -2.48. The van der Waals surface area contributed by atoms with Crippen molar-refractivity contribution >= 4 is 11.7 Å². The second-order valence-electron chi connectivity index (χ2n) is 4.72. The highest BCUT2D eigenvalue weighted by Gasteiger charge is 2.34. The molecule has 2 unspecified atom stereocenters. The first-order valence-electron chi connectivity index (χ1n) is 6.25. The van der Waals surface area contributed by atoms with Crippen LogP contribution in [0.3, 0.4) is 0 Å². The Hall–Kier alpha value is -1.85. The van der Waals surface area contributed by atoms with E-state index in [1.807, 2.05) is 24.3 Å². The average molecular weight is 261 g/mol. The number of amides is 1. The minimum atomic E-state index is -0.951. The van der Waals surface area contributed by atoms with E-state index < -0.39 is 12.2 Å². The summed E-state index contributed by atoms with van der Waals surface area (Å²) in [7, 11) is 0. The minimum Gasteiger partial charge on any atom is -0.465 e. The molecule has 5 nitrogen and oxygen atoms in total. The third-order valence-electron chi connectivity index (χ3n) is 3.66. The Kier molecular flexibility index (Phi) is 3.00. The Bertz CT molecular complexity index is 540. The maximum Gasteiger partial charge on any atom is 0.407 e. The van der Waals surface area contributed by atoms with E-state index in [9.17, 15) is 15.0 Å². The molecule has 2 aliphatic rings. The molecule has 1 amide bonds. The third-order valence-corrected chi connectivity index (χ3v) is 3.66. The molecule has 1 aliphatic heterocycles. The summed E-state index contributed by atoms with van der Waals surface area (Å²) in [4.78, 5) is 12.7. The quantitative estimate of drug-likeness (QED) is 0.803. The molecule has 2 atom stereocenters. The number of nitrogens with zero attached hydrogens (tertiary/aromatic N) is 1. The highest BCUT2D eigenvalue weighted by Crippen LogP contribution is 2.38. The molecule has 5 heteroatoms. The summed E-state index contributed by atoms with van der Waals surface area (Å²) >= 11 is 0. The lowest BCUT2D eigenvalue weighted by Gasteiger charge is -2.34. The minimum absolute atomic E-state index is 0.333. The number of carbonyl (C=O) groups is 1. The second kappa shape index (κ2) is 4.68. The molecule has 19 heavy (non-hydrogen) atoms. The zero-order chi connectivity index (χ0) is 13.4. The summed E-state index contributed by atoms with van der Waals surface area (Å²) in [6.45, 7) is 1.11. The van der Waals surface area contributed by atoms with E-state index in [1.54, 1.807) is 6.08 Å². The van der Waals surface area contributed by atoms with Crippen molar-refractivity contribution in [3.63, 3.8) is 0 Å². The first-order chi connectivity index (χ1) is 9.18. The Morgan fingerprint density at radius 1 is 1.37 bits per heavy atom. The van der Waals surface area contributed by atoms with Gasteiger partial charge in [-0.25, -0.2) is 4.79 Å². The molecule has 1 saturated heterocycles. The van der Waals surface area contributed by atoms with Crippen molar-refractivity contribution in [1.82, 2.24) is 4.90 Å². The monoisotopic (exact) mass is 261 g/mol. The largest absolute Gasteiger partial charge is 0.465 e. The molecule has 1 fully saturated rings. The highest BCUT2D eigenvalue weighted by molar-refractivity contribution is 5.80. The second-order valence-corrected chi connectivity index (χ2v) is 4.72. The van der Waals surface area contributed by atoms with Gasteiger partial charge in [-0.15, -0.1) is 0 Å². The fraction of sp³-hybridized carbons (Fsp3) is 0.357. The third kappa shape index (κ3) is 2.01. The zero-order valence-electron chi connectivity index (χ0n) is 10.3. The average Bonchev–Trinajstić information content (AvgIpc) is 2.77. The van der Waals surface area contributed by atoms with E-state index in [4.69, 9.17) is 4.74 Å². The molecule has 1 aliphatic carbocycles. The lowest BCUT2D eigenvalue weighted by atomic mass is 9.98. The Balaban J connectivity index is 1.98. The number of hydrogen-bond donors (Lipinski definition) is 2. The first-order valence-corrected chi connectivity index (χ1v) is 6.25. The van der Waals surface area contributed by atoms with Gasteiger partial charge in [0.15, 0.2) is 0 Å². The molecule has 100 valence electrons. The molecule has 0 bridgehead atoms. The summed E-state index contributed by atoms with van der Waals surface area (Å²) in [5.41, 5.74) is 2.58. The van der Waals surface area contributed by atoms with E-state index in [0.29, 0.717) is 19.8 Å². The summed E-state index contributed by atoms with van der Waals surface area (Å²) in [5.74, 6) is 0. The van der Waals surface area contributed by atoms with E-state index in [2.05, 4.69) is 0 Å². The van der Waals surface area contributed by atoms with Crippen molar-refractivity contribution in [2.75, 3.05) is 19.8 Å². The fourth-order valence-corrected chi connectivity index (χ4v) is 2.75. The predicted molar refractivity (Wildman–Crippen MR) is 68.7 cm³/mol. The summed E-state index contributed by atoms with van der Waals surface area (Å²) in [6, 6.07) is 7.18. The van der Waals surface area contributed by atoms with E-state index >= 15 is 0 Å². The van der Waals surface area contributed by atoms with Gasteiger partial charge in [0, 0.05) is 6.54 Å². The number of aliphatic hydroxyl groups excluding tert-OH is 1. The maximum absolute atomic E-state index is 11.3. The molecule has 0 radical (unpaired) electrons. The van der Waals surface area contributed by atoms with Crippen molar-refractivity contribution in [3.8, 4) is 0 Å². The van der Waals surface area contributed by atoms with Crippen LogP contribution < -0.4 is 0 Å². The SMILES string of the molecule is O=C(O)N1CCOCC1C1=CC(O)c2ccccc21. The number of ether oxygens (including phenoxy) is 1. The topological polar surface area (TPSA) is 70.0 Å². The van der Waals surface area contributed by atoms with Gasteiger partial charge in [0.25, 0.3) is 0 Å². The number of hydrogen-bond acceptors (Lipinski definition) is 3. The number of aliphatic hydroxyl groups is 1. The van der Waals surface area contributed by atoms with Gasteiger partial charge in [0.2, 0.25) is 0 Å². The van der Waals surface area contributed by atoms with Crippen molar-refractivity contribution in [1.29, 1.82) is 0 Å². The number of carboxylic acid groups (broad SMARTS) is 1. The number of morpholine rings is 1. The van der Waals surface area contributed by atoms with Gasteiger partial charge in [0.05, 0.1) is 25.4 Å². The number of benzene rings is 1. The van der Waals surface area contributed by atoms with Crippen molar-refractivity contribution in [2.24, 2.45) is 0 Å². The molecule has 0 aromatic heterocycles. The van der Waals surface area contributed by atoms with Gasteiger partial charge < -0.3 is 14.9 Å². The van der Waals surface area contributed by atoms with E-state index in [1.165, 1.54) is 4.90 Å². The normalized spacial score (nSPS) is 25.9. The Morgan fingerprint density at radius 2 is 2.16 bits per heavy atom. The smallest absolute Gasteiger partial charge is 0.407 e. The molecule has 1 aromatic rings. The zero-order valence-corrected chi connectivity index (χ0v) is 10.3. The standard InChI is InChI=1S/C14H15NO4/c16-13-7-11(9-3-1-2-4-10(9)13)12-8-19-6-5-15(12)14(17)18/h1-4,7,12-13,16H,5-6,8H2,(H,17,18). The highest BCUT2D eigenvalue weighted by atomic mass is 16.5. The summed E-state index contributed by atoms with van der Waals surface area (Å²) in [6.07, 6.45) is 0.108. The van der Waals surface area contributed by atoms with E-state index in [0.717, 1.165) is 16.7 Å². The summed E-state index contributed by atoms with van der Waals surface area (Å²) in [5, 5.41) is 19.3. The molecule has 3 rings (SSSR count). The molecule has 2 N–H and O–H groups in total. The molecular weight excluding hydrogens is 246 g/mol. The van der Waals surface area contributed by atoms with Crippen molar-refractivity contribution < 1.29 is 19.7 Å². The Labute approximate surface area is 110 Å². The molecule has 1 heterocycles. The van der Waals surface area contributed by atoms with Crippen LogP contribution in [0.5, 0.6) is 0 Å². The van der Waals surface area contributed by atoms with Gasteiger partial charge >= 0.3 is 6.09 Å². The van der Waals surface area contributed by atoms with Crippen LogP contribution in [0.2, 0.25) is 0 Å². The Morgan fingerprint density at radius 3 is 2.95 bits per heavy atom. The van der Waals surface area contributed by atoms with Crippen molar-refractivity contribution in [3.05, 3.63) is 41.5 Å². The van der Waals surface area contributed by atoms with Gasteiger partial charge in [-0.2, -0.15) is 0 Å². The van der Waals surface area contributed by atoms with Gasteiger partial charge in [-0.1, -0.05) is 24.3 Å². The molecule has 1 aromatic carbocycles. The van der Waals surface area contributed by atoms with E-state index in [-0.39, 0.29) is 6.04 Å². The first kappa shape index (κ1) is 12.2. The maximum atomic E-state index is 11.3. The van der Waals surface area contributed by atoms with Crippen LogP contribution >= 0.6 is 0 Å². The lowest BCUT2D eigenvalue weighted by molar-refractivity contribution is 0.0185. The predicted octanol–water partition coefficient (Wildman–Crippen LogP) is 1.50. The number of rotatable bonds is 1. The van der Waals surface area contributed by atoms with Crippen LogP contribution in [0, 0.1) is 0 Å². The fourth-order valence-electron chi connectivity index (χ4n) is 2.75. The molecular formula is C14H15NO4. The van der Waals surface area contributed by atoms with Crippen LogP contribution in [-0.2, 0) is 4.74 Å². The van der Waals surface area contributed by atoms with Gasteiger partial charge in [-0.05, 0) is 22.8 Å².